The van der Waals surface area contributed by atoms with Gasteiger partial charge in [0.25, 0.3) is 0 Å². The van der Waals surface area contributed by atoms with Crippen molar-refractivity contribution >= 4 is 11.6 Å². The van der Waals surface area contributed by atoms with E-state index in [1.165, 1.54) is 12.8 Å². The molecule has 2 nitrogen and oxygen atoms in total. The Bertz CT molecular complexity index is 168. The van der Waals surface area contributed by atoms with Crippen molar-refractivity contribution in [3.63, 3.8) is 0 Å². The topological polar surface area (TPSA) is 23.5 Å². The molecule has 1 aliphatic carbocycles. The van der Waals surface area contributed by atoms with Crippen molar-refractivity contribution in [3.8, 4) is 0 Å². The highest BCUT2D eigenvalue weighted by Crippen LogP contribution is 2.27. The molecule has 0 atom stereocenters. The highest BCUT2D eigenvalue weighted by Gasteiger charge is 2.28. The van der Waals surface area contributed by atoms with Gasteiger partial charge in [-0.2, -0.15) is 0 Å². The van der Waals surface area contributed by atoms with E-state index in [1.54, 1.807) is 0 Å². The standard InChI is InChI=1S/C10H18ClNO/c1-9(11)8-12(10-4-5-10)6-2-3-7-13/h10,13H,1-8H2. The van der Waals surface area contributed by atoms with Gasteiger partial charge >= 0.3 is 0 Å². The van der Waals surface area contributed by atoms with Crippen molar-refractivity contribution in [2.24, 2.45) is 0 Å². The van der Waals surface area contributed by atoms with E-state index in [1.807, 2.05) is 0 Å². The van der Waals surface area contributed by atoms with Crippen molar-refractivity contribution in [1.29, 1.82) is 0 Å². The lowest BCUT2D eigenvalue weighted by molar-refractivity contribution is 0.248. The van der Waals surface area contributed by atoms with Gasteiger partial charge in [0.05, 0.1) is 0 Å². The molecule has 1 aliphatic rings. The predicted octanol–water partition coefficient (Wildman–Crippen LogP) is 1.98. The molecule has 0 aliphatic heterocycles. The van der Waals surface area contributed by atoms with E-state index in [0.717, 1.165) is 37.0 Å². The third-order valence-electron chi connectivity index (χ3n) is 2.29. The van der Waals surface area contributed by atoms with Gasteiger partial charge < -0.3 is 5.11 Å². The van der Waals surface area contributed by atoms with Gasteiger partial charge in [-0.1, -0.05) is 18.2 Å². The number of hydrogen-bond acceptors (Lipinski definition) is 2. The SMILES string of the molecule is C=C(Cl)CN(CCCCO)C1CC1. The molecule has 3 heteroatoms. The van der Waals surface area contributed by atoms with E-state index in [4.69, 9.17) is 16.7 Å². The van der Waals surface area contributed by atoms with Crippen LogP contribution in [0, 0.1) is 0 Å². The van der Waals surface area contributed by atoms with Crippen molar-refractivity contribution < 1.29 is 5.11 Å². The van der Waals surface area contributed by atoms with Crippen LogP contribution in [0.5, 0.6) is 0 Å². The number of aliphatic hydroxyl groups is 1. The predicted molar refractivity (Wildman–Crippen MR) is 55.9 cm³/mol. The fourth-order valence-electron chi connectivity index (χ4n) is 1.48. The van der Waals surface area contributed by atoms with E-state index < -0.39 is 0 Å². The average molecular weight is 204 g/mol. The second-order valence-electron chi connectivity index (χ2n) is 3.65. The van der Waals surface area contributed by atoms with Crippen LogP contribution >= 0.6 is 11.6 Å². The smallest absolute Gasteiger partial charge is 0.0431 e. The molecule has 0 amide bonds. The monoisotopic (exact) mass is 203 g/mol. The molecule has 1 N–H and O–H groups in total. The van der Waals surface area contributed by atoms with Crippen LogP contribution in [0.15, 0.2) is 11.6 Å². The number of aliphatic hydroxyl groups excluding tert-OH is 1. The number of halogens is 1. The summed E-state index contributed by atoms with van der Waals surface area (Å²) in [7, 11) is 0. The quantitative estimate of drug-likeness (QED) is 0.640. The Morgan fingerprint density at radius 2 is 2.15 bits per heavy atom. The molecular weight excluding hydrogens is 186 g/mol. The van der Waals surface area contributed by atoms with Gasteiger partial charge in [-0.15, -0.1) is 0 Å². The third kappa shape index (κ3) is 4.65. The number of hydrogen-bond donors (Lipinski definition) is 1. The molecule has 1 fully saturated rings. The Morgan fingerprint density at radius 3 is 2.62 bits per heavy atom. The van der Waals surface area contributed by atoms with Crippen LogP contribution in [0.3, 0.4) is 0 Å². The maximum Gasteiger partial charge on any atom is 0.0431 e. The van der Waals surface area contributed by atoms with Gasteiger partial charge in [-0.25, -0.2) is 0 Å². The summed E-state index contributed by atoms with van der Waals surface area (Å²) in [5.74, 6) is 0. The van der Waals surface area contributed by atoms with E-state index in [9.17, 15) is 0 Å². The molecule has 0 unspecified atom stereocenters. The van der Waals surface area contributed by atoms with Crippen LogP contribution in [0.25, 0.3) is 0 Å². The first kappa shape index (κ1) is 11.0. The molecule has 13 heavy (non-hydrogen) atoms. The summed E-state index contributed by atoms with van der Waals surface area (Å²) in [4.78, 5) is 2.37. The number of nitrogens with zero attached hydrogens (tertiary/aromatic N) is 1. The van der Waals surface area contributed by atoms with Crippen molar-refractivity contribution in [3.05, 3.63) is 11.6 Å². The summed E-state index contributed by atoms with van der Waals surface area (Å²) >= 11 is 5.77. The Kier molecular flexibility index (Phi) is 4.78. The fourth-order valence-corrected chi connectivity index (χ4v) is 1.63. The highest BCUT2D eigenvalue weighted by atomic mass is 35.5. The van der Waals surface area contributed by atoms with Gasteiger partial charge in [-0.05, 0) is 32.2 Å². The molecule has 0 saturated heterocycles. The highest BCUT2D eigenvalue weighted by molar-refractivity contribution is 6.29. The van der Waals surface area contributed by atoms with E-state index >= 15 is 0 Å². The molecule has 0 aromatic carbocycles. The molecule has 0 aromatic rings. The van der Waals surface area contributed by atoms with Crippen LogP contribution in [0.1, 0.15) is 25.7 Å². The maximum absolute atomic E-state index is 8.65. The molecule has 0 heterocycles. The molecule has 1 rings (SSSR count). The molecule has 0 bridgehead atoms. The van der Waals surface area contributed by atoms with Crippen LogP contribution in [-0.4, -0.2) is 35.7 Å². The van der Waals surface area contributed by atoms with E-state index in [0.29, 0.717) is 6.61 Å². The first-order valence-corrected chi connectivity index (χ1v) is 5.30. The van der Waals surface area contributed by atoms with Gasteiger partial charge in [0.15, 0.2) is 0 Å². The zero-order chi connectivity index (χ0) is 9.68. The summed E-state index contributed by atoms with van der Waals surface area (Å²) in [5, 5.41) is 9.37. The first-order chi connectivity index (χ1) is 6.24. The Hall–Kier alpha value is -0.0500. The van der Waals surface area contributed by atoms with Crippen LogP contribution in [0.4, 0.5) is 0 Å². The summed E-state index contributed by atoms with van der Waals surface area (Å²) in [5.41, 5.74) is 0. The second-order valence-corrected chi connectivity index (χ2v) is 4.18. The average Bonchev–Trinajstić information content (AvgIpc) is 2.84. The Labute approximate surface area is 85.2 Å². The Morgan fingerprint density at radius 1 is 1.46 bits per heavy atom. The minimum Gasteiger partial charge on any atom is -0.396 e. The minimum absolute atomic E-state index is 0.292. The molecule has 0 radical (unpaired) electrons. The molecule has 1 saturated carbocycles. The lowest BCUT2D eigenvalue weighted by Crippen LogP contribution is -2.28. The lowest BCUT2D eigenvalue weighted by atomic mass is 10.3. The van der Waals surface area contributed by atoms with Gasteiger partial charge in [0.2, 0.25) is 0 Å². The van der Waals surface area contributed by atoms with Gasteiger partial charge in [0, 0.05) is 24.2 Å². The summed E-state index contributed by atoms with van der Waals surface area (Å²) < 4.78 is 0. The number of rotatable bonds is 7. The summed E-state index contributed by atoms with van der Waals surface area (Å²) in [6, 6.07) is 0.731. The number of unbranched alkanes of at least 4 members (excludes halogenated alkanes) is 1. The zero-order valence-corrected chi connectivity index (χ0v) is 8.76. The molecule has 0 spiro atoms. The van der Waals surface area contributed by atoms with E-state index in [-0.39, 0.29) is 0 Å². The van der Waals surface area contributed by atoms with Crippen molar-refractivity contribution in [1.82, 2.24) is 4.90 Å². The van der Waals surface area contributed by atoms with Crippen molar-refractivity contribution in [2.45, 2.75) is 31.7 Å². The zero-order valence-electron chi connectivity index (χ0n) is 8.01. The minimum atomic E-state index is 0.292. The normalized spacial score (nSPS) is 16.5. The maximum atomic E-state index is 8.65. The molecular formula is C10H18ClNO. The summed E-state index contributed by atoms with van der Waals surface area (Å²) in [6.45, 7) is 5.84. The van der Waals surface area contributed by atoms with Crippen LogP contribution in [-0.2, 0) is 0 Å². The first-order valence-electron chi connectivity index (χ1n) is 4.92. The van der Waals surface area contributed by atoms with Gasteiger partial charge in [0.1, 0.15) is 0 Å². The van der Waals surface area contributed by atoms with Crippen LogP contribution in [0.2, 0.25) is 0 Å². The molecule has 76 valence electrons. The largest absolute Gasteiger partial charge is 0.396 e. The second kappa shape index (κ2) is 5.63. The van der Waals surface area contributed by atoms with Crippen LogP contribution < -0.4 is 0 Å². The fraction of sp³-hybridized carbons (Fsp3) is 0.800. The van der Waals surface area contributed by atoms with E-state index in [2.05, 4.69) is 11.5 Å². The lowest BCUT2D eigenvalue weighted by Gasteiger charge is -2.20. The Balaban J connectivity index is 2.17. The third-order valence-corrected chi connectivity index (χ3v) is 2.41. The van der Waals surface area contributed by atoms with Gasteiger partial charge in [-0.3, -0.25) is 4.90 Å². The van der Waals surface area contributed by atoms with Crippen molar-refractivity contribution in [2.75, 3.05) is 19.7 Å². The summed E-state index contributed by atoms with van der Waals surface area (Å²) in [6.07, 6.45) is 4.53. The molecule has 0 aromatic heterocycles.